The van der Waals surface area contributed by atoms with Crippen molar-refractivity contribution in [2.45, 2.75) is 19.4 Å². The molecular weight excluding hydrogens is 288 g/mol. The van der Waals surface area contributed by atoms with Crippen LogP contribution in [0.2, 0.25) is 5.02 Å². The molecule has 108 valence electrons. The van der Waals surface area contributed by atoms with Gasteiger partial charge >= 0.3 is 0 Å². The number of H-pyrrole nitrogens is 1. The lowest BCUT2D eigenvalue weighted by molar-refractivity contribution is 0.0933. The van der Waals surface area contributed by atoms with Crippen molar-refractivity contribution >= 4 is 28.4 Å². The summed E-state index contributed by atoms with van der Waals surface area (Å²) in [6, 6.07) is 2.52. The molecule has 0 aliphatic heterocycles. The number of nitrogens with two attached hydrogens (primary N) is 1. The summed E-state index contributed by atoms with van der Waals surface area (Å²) in [5, 5.41) is 2.71. The van der Waals surface area contributed by atoms with Gasteiger partial charge in [-0.25, -0.2) is 8.78 Å². The molecule has 0 aliphatic rings. The van der Waals surface area contributed by atoms with E-state index >= 15 is 0 Å². The zero-order valence-corrected chi connectivity index (χ0v) is 11.5. The molecule has 1 atom stereocenters. The van der Waals surface area contributed by atoms with Gasteiger partial charge in [-0.05, 0) is 18.6 Å². The first-order chi connectivity index (χ1) is 9.47. The summed E-state index contributed by atoms with van der Waals surface area (Å²) in [5.74, 6) is -2.66. The summed E-state index contributed by atoms with van der Waals surface area (Å²) in [4.78, 5) is 14.5. The van der Waals surface area contributed by atoms with Gasteiger partial charge < -0.3 is 16.0 Å². The molecule has 1 amide bonds. The molecule has 0 radical (unpaired) electrons. The van der Waals surface area contributed by atoms with Gasteiger partial charge in [-0.2, -0.15) is 0 Å². The number of rotatable bonds is 4. The fourth-order valence-corrected chi connectivity index (χ4v) is 2.09. The van der Waals surface area contributed by atoms with Gasteiger partial charge in [0, 0.05) is 18.0 Å². The van der Waals surface area contributed by atoms with Gasteiger partial charge in [-0.3, -0.25) is 4.79 Å². The first kappa shape index (κ1) is 14.7. The molecule has 2 aromatic rings. The van der Waals surface area contributed by atoms with Gasteiger partial charge in [0.15, 0.2) is 11.6 Å². The maximum Gasteiger partial charge on any atom is 0.267 e. The number of aromatic nitrogens is 1. The van der Waals surface area contributed by atoms with Crippen LogP contribution in [0.15, 0.2) is 12.1 Å². The third kappa shape index (κ3) is 2.62. The summed E-state index contributed by atoms with van der Waals surface area (Å²) in [6.45, 7) is 2.19. The minimum Gasteiger partial charge on any atom is -0.348 e. The van der Waals surface area contributed by atoms with Crippen LogP contribution in [0.5, 0.6) is 0 Å². The van der Waals surface area contributed by atoms with Crippen LogP contribution in [0.4, 0.5) is 8.78 Å². The maximum absolute atomic E-state index is 13.7. The van der Waals surface area contributed by atoms with E-state index in [2.05, 4.69) is 10.3 Å². The molecule has 0 saturated carbocycles. The van der Waals surface area contributed by atoms with Gasteiger partial charge in [0.05, 0.1) is 10.5 Å². The number of fused-ring (bicyclic) bond motifs is 1. The topological polar surface area (TPSA) is 70.9 Å². The predicted molar refractivity (Wildman–Crippen MR) is 73.8 cm³/mol. The molecule has 7 heteroatoms. The fraction of sp³-hybridized carbons (Fsp3) is 0.308. The quantitative estimate of drug-likeness (QED) is 0.760. The Labute approximate surface area is 119 Å². The summed E-state index contributed by atoms with van der Waals surface area (Å²) < 4.78 is 27.0. The Morgan fingerprint density at radius 2 is 2.15 bits per heavy atom. The second-order valence-corrected chi connectivity index (χ2v) is 4.86. The number of nitrogens with one attached hydrogen (secondary N) is 2. The number of carbonyl (C=O) groups is 1. The van der Waals surface area contributed by atoms with E-state index in [-0.39, 0.29) is 22.3 Å². The number of carbonyl (C=O) groups excluding carboxylic acids is 1. The molecule has 0 aliphatic carbocycles. The van der Waals surface area contributed by atoms with Crippen molar-refractivity contribution in [1.82, 2.24) is 10.3 Å². The van der Waals surface area contributed by atoms with Gasteiger partial charge in [0.2, 0.25) is 0 Å². The van der Waals surface area contributed by atoms with E-state index in [1.54, 1.807) is 0 Å². The molecule has 0 saturated heterocycles. The lowest BCUT2D eigenvalue weighted by Gasteiger charge is -2.13. The van der Waals surface area contributed by atoms with E-state index in [0.29, 0.717) is 18.4 Å². The highest BCUT2D eigenvalue weighted by Crippen LogP contribution is 2.27. The zero-order valence-electron chi connectivity index (χ0n) is 10.8. The van der Waals surface area contributed by atoms with Gasteiger partial charge in [0.1, 0.15) is 5.69 Å². The molecule has 1 heterocycles. The van der Waals surface area contributed by atoms with Crippen LogP contribution in [-0.4, -0.2) is 23.5 Å². The van der Waals surface area contributed by atoms with Crippen LogP contribution in [0.1, 0.15) is 23.8 Å². The van der Waals surface area contributed by atoms with Crippen molar-refractivity contribution in [3.8, 4) is 0 Å². The summed E-state index contributed by atoms with van der Waals surface area (Å²) >= 11 is 5.57. The van der Waals surface area contributed by atoms with Gasteiger partial charge in [-0.15, -0.1) is 0 Å². The molecule has 4 nitrogen and oxygen atoms in total. The Morgan fingerprint density at radius 3 is 2.75 bits per heavy atom. The molecule has 0 fully saturated rings. The molecule has 0 unspecified atom stereocenters. The number of benzene rings is 1. The van der Waals surface area contributed by atoms with Gasteiger partial charge in [-0.1, -0.05) is 18.5 Å². The largest absolute Gasteiger partial charge is 0.348 e. The number of aromatic amines is 1. The van der Waals surface area contributed by atoms with Crippen LogP contribution in [0, 0.1) is 11.6 Å². The van der Waals surface area contributed by atoms with Gasteiger partial charge in [0.25, 0.3) is 5.91 Å². The minimum atomic E-state index is -1.14. The minimum absolute atomic E-state index is 0.0853. The number of hydrogen-bond donors (Lipinski definition) is 3. The second kappa shape index (κ2) is 5.76. The summed E-state index contributed by atoms with van der Waals surface area (Å²) in [6.07, 6.45) is 0.678. The average molecular weight is 302 g/mol. The fourth-order valence-electron chi connectivity index (χ4n) is 1.89. The Hall–Kier alpha value is -1.66. The monoisotopic (exact) mass is 301 g/mol. The Kier molecular flexibility index (Phi) is 4.25. The van der Waals surface area contributed by atoms with Crippen molar-refractivity contribution < 1.29 is 13.6 Å². The maximum atomic E-state index is 13.7. The molecule has 4 N–H and O–H groups in total. The van der Waals surface area contributed by atoms with Crippen molar-refractivity contribution in [3.05, 3.63) is 34.5 Å². The molecule has 20 heavy (non-hydrogen) atoms. The number of hydrogen-bond acceptors (Lipinski definition) is 2. The van der Waals surface area contributed by atoms with Crippen LogP contribution in [0.25, 0.3) is 10.9 Å². The SMILES string of the molecule is CC[C@@H](CN)NC(=O)c1cc2cc(Cl)c(F)c(F)c2[nH]1. The van der Waals surface area contributed by atoms with E-state index in [1.807, 2.05) is 6.92 Å². The first-order valence-electron chi connectivity index (χ1n) is 6.15. The van der Waals surface area contributed by atoms with Crippen LogP contribution in [-0.2, 0) is 0 Å². The lowest BCUT2D eigenvalue weighted by Crippen LogP contribution is -2.39. The summed E-state index contributed by atoms with van der Waals surface area (Å²) in [5.41, 5.74) is 5.54. The number of halogens is 3. The summed E-state index contributed by atoms with van der Waals surface area (Å²) in [7, 11) is 0. The number of amides is 1. The molecular formula is C13H14ClF2N3O. The lowest BCUT2D eigenvalue weighted by atomic mass is 10.2. The Morgan fingerprint density at radius 1 is 1.45 bits per heavy atom. The van der Waals surface area contributed by atoms with E-state index in [0.717, 1.165) is 0 Å². The van der Waals surface area contributed by atoms with Crippen molar-refractivity contribution in [2.24, 2.45) is 5.73 Å². The third-order valence-corrected chi connectivity index (χ3v) is 3.38. The Bertz CT molecular complexity index is 653. The standard InChI is InChI=1S/C13H14ClF2N3O/c1-2-7(5-17)18-13(20)9-4-6-3-8(14)10(15)11(16)12(6)19-9/h3-4,7,19H,2,5,17H2,1H3,(H,18,20)/t7-/m0/s1. The van der Waals surface area contributed by atoms with Crippen LogP contribution < -0.4 is 11.1 Å². The van der Waals surface area contributed by atoms with E-state index < -0.39 is 17.5 Å². The predicted octanol–water partition coefficient (Wildman–Crippen LogP) is 2.57. The normalized spacial score (nSPS) is 12.7. The highest BCUT2D eigenvalue weighted by Gasteiger charge is 2.18. The van der Waals surface area contributed by atoms with Crippen molar-refractivity contribution in [1.29, 1.82) is 0 Å². The van der Waals surface area contributed by atoms with Crippen LogP contribution in [0.3, 0.4) is 0 Å². The first-order valence-corrected chi connectivity index (χ1v) is 6.52. The average Bonchev–Trinajstić information content (AvgIpc) is 2.86. The third-order valence-electron chi connectivity index (χ3n) is 3.11. The van der Waals surface area contributed by atoms with E-state index in [1.165, 1.54) is 12.1 Å². The molecule has 1 aromatic carbocycles. The van der Waals surface area contributed by atoms with E-state index in [4.69, 9.17) is 17.3 Å². The Balaban J connectivity index is 2.37. The smallest absolute Gasteiger partial charge is 0.267 e. The zero-order chi connectivity index (χ0) is 14.9. The second-order valence-electron chi connectivity index (χ2n) is 4.45. The molecule has 0 spiro atoms. The molecule has 0 bridgehead atoms. The molecule has 1 aromatic heterocycles. The van der Waals surface area contributed by atoms with Crippen molar-refractivity contribution in [3.63, 3.8) is 0 Å². The molecule has 2 rings (SSSR count). The highest BCUT2D eigenvalue weighted by molar-refractivity contribution is 6.31. The van der Waals surface area contributed by atoms with Crippen molar-refractivity contribution in [2.75, 3.05) is 6.54 Å². The van der Waals surface area contributed by atoms with Crippen LogP contribution >= 0.6 is 11.6 Å². The highest BCUT2D eigenvalue weighted by atomic mass is 35.5. The van der Waals surface area contributed by atoms with E-state index in [9.17, 15) is 13.6 Å².